The topological polar surface area (TPSA) is 88.1 Å². The number of hydrogen-bond donors (Lipinski definition) is 1. The van der Waals surface area contributed by atoms with Crippen LogP contribution in [-0.2, 0) is 22.9 Å². The highest BCUT2D eigenvalue weighted by Gasteiger charge is 2.26. The largest absolute Gasteiger partial charge is 0.314 e. The standard InChI is InChI=1S/C22H29N5O2S3/c1-16(3-7-21-24-14-17(30-2)15-25-21)4-8-22-26-19-6-5-18(13-20(19)31-22)32(28,29)27-11-9-23-10-12-27/h5-6,13-16,23H,3-4,7-12H2,1-2H3. The first-order valence-corrected chi connectivity index (χ1v) is 14.4. The van der Waals surface area contributed by atoms with E-state index < -0.39 is 10.0 Å². The number of hydrogen-bond acceptors (Lipinski definition) is 8. The number of rotatable bonds is 9. The van der Waals surface area contributed by atoms with Gasteiger partial charge in [-0.1, -0.05) is 6.92 Å². The molecule has 1 aromatic carbocycles. The molecule has 1 saturated heterocycles. The van der Waals surface area contributed by atoms with Crippen molar-refractivity contribution in [2.24, 2.45) is 5.92 Å². The highest BCUT2D eigenvalue weighted by molar-refractivity contribution is 7.98. The number of aromatic nitrogens is 3. The van der Waals surface area contributed by atoms with Crippen molar-refractivity contribution < 1.29 is 8.42 Å². The molecule has 3 heterocycles. The van der Waals surface area contributed by atoms with Crippen molar-refractivity contribution in [3.63, 3.8) is 0 Å². The molecule has 1 fully saturated rings. The van der Waals surface area contributed by atoms with Gasteiger partial charge in [0.15, 0.2) is 0 Å². The van der Waals surface area contributed by atoms with Gasteiger partial charge in [-0.05, 0) is 49.6 Å². The molecule has 0 saturated carbocycles. The van der Waals surface area contributed by atoms with Crippen LogP contribution in [-0.4, -0.2) is 60.1 Å². The van der Waals surface area contributed by atoms with E-state index in [1.807, 2.05) is 24.7 Å². The fourth-order valence-corrected chi connectivity index (χ4v) is 6.60. The first kappa shape index (κ1) is 23.6. The molecule has 0 spiro atoms. The molecule has 4 rings (SSSR count). The van der Waals surface area contributed by atoms with Crippen LogP contribution < -0.4 is 5.32 Å². The molecule has 1 N–H and O–H groups in total. The number of aryl methyl sites for hydroxylation is 2. The second kappa shape index (κ2) is 10.6. The molecule has 10 heteroatoms. The van der Waals surface area contributed by atoms with Gasteiger partial charge >= 0.3 is 0 Å². The van der Waals surface area contributed by atoms with Crippen molar-refractivity contribution in [3.05, 3.63) is 41.4 Å². The summed E-state index contributed by atoms with van der Waals surface area (Å²) >= 11 is 3.25. The lowest BCUT2D eigenvalue weighted by atomic mass is 10.00. The summed E-state index contributed by atoms with van der Waals surface area (Å²) in [7, 11) is -3.45. The van der Waals surface area contributed by atoms with Gasteiger partial charge in [-0.2, -0.15) is 4.31 Å². The Bertz CT molecular complexity index is 1140. The summed E-state index contributed by atoms with van der Waals surface area (Å²) < 4.78 is 28.4. The molecule has 1 atom stereocenters. The van der Waals surface area contributed by atoms with Gasteiger partial charge in [0.05, 0.1) is 20.1 Å². The van der Waals surface area contributed by atoms with Gasteiger partial charge in [0.25, 0.3) is 0 Å². The van der Waals surface area contributed by atoms with Crippen molar-refractivity contribution in [1.29, 1.82) is 0 Å². The number of piperazine rings is 1. The van der Waals surface area contributed by atoms with Crippen molar-refractivity contribution in [1.82, 2.24) is 24.6 Å². The molecule has 32 heavy (non-hydrogen) atoms. The predicted octanol–water partition coefficient (Wildman–Crippen LogP) is 3.60. The lowest BCUT2D eigenvalue weighted by Gasteiger charge is -2.26. The summed E-state index contributed by atoms with van der Waals surface area (Å²) in [5.74, 6) is 1.43. The van der Waals surface area contributed by atoms with Crippen LogP contribution in [0.15, 0.2) is 40.4 Å². The second-order valence-corrected chi connectivity index (χ2v) is 12.0. The fourth-order valence-electron chi connectivity index (χ4n) is 3.72. The predicted molar refractivity (Wildman–Crippen MR) is 131 cm³/mol. The summed E-state index contributed by atoms with van der Waals surface area (Å²) in [4.78, 5) is 15.0. The van der Waals surface area contributed by atoms with Crippen LogP contribution in [0, 0.1) is 5.92 Å². The number of thioether (sulfide) groups is 1. The van der Waals surface area contributed by atoms with Crippen molar-refractivity contribution in [2.45, 2.75) is 42.4 Å². The van der Waals surface area contributed by atoms with Crippen LogP contribution in [0.2, 0.25) is 0 Å². The number of nitrogens with zero attached hydrogens (tertiary/aromatic N) is 4. The van der Waals surface area contributed by atoms with Crippen molar-refractivity contribution in [2.75, 3.05) is 32.4 Å². The van der Waals surface area contributed by atoms with Crippen LogP contribution in [0.1, 0.15) is 30.6 Å². The fraction of sp³-hybridized carbons (Fsp3) is 0.500. The minimum absolute atomic E-state index is 0.364. The van der Waals surface area contributed by atoms with E-state index in [0.29, 0.717) is 37.0 Å². The number of benzene rings is 1. The van der Waals surface area contributed by atoms with Crippen LogP contribution in [0.25, 0.3) is 10.2 Å². The van der Waals surface area contributed by atoms with E-state index in [9.17, 15) is 8.42 Å². The monoisotopic (exact) mass is 491 g/mol. The maximum absolute atomic E-state index is 12.9. The first-order chi connectivity index (χ1) is 15.5. The SMILES string of the molecule is CSc1cnc(CCC(C)CCc2nc3ccc(S(=O)(=O)N4CCNCC4)cc3s2)nc1. The third-order valence-electron chi connectivity index (χ3n) is 5.75. The number of nitrogens with one attached hydrogen (secondary N) is 1. The van der Waals surface area contributed by atoms with Crippen molar-refractivity contribution >= 4 is 43.3 Å². The molecular weight excluding hydrogens is 462 g/mol. The van der Waals surface area contributed by atoms with E-state index >= 15 is 0 Å². The lowest BCUT2D eigenvalue weighted by molar-refractivity contribution is 0.360. The van der Waals surface area contributed by atoms with Crippen molar-refractivity contribution in [3.8, 4) is 0 Å². The average Bonchev–Trinajstić information content (AvgIpc) is 3.24. The van der Waals surface area contributed by atoms with E-state index in [1.54, 1.807) is 39.5 Å². The van der Waals surface area contributed by atoms with Gasteiger partial charge in [0, 0.05) is 49.9 Å². The van der Waals surface area contributed by atoms with Crippen LogP contribution >= 0.6 is 23.1 Å². The van der Waals surface area contributed by atoms with E-state index in [-0.39, 0.29) is 0 Å². The number of thiazole rings is 1. The van der Waals surface area contributed by atoms with E-state index in [1.165, 1.54) is 0 Å². The molecule has 7 nitrogen and oxygen atoms in total. The Labute approximate surface area is 198 Å². The molecule has 0 aliphatic carbocycles. The molecule has 1 unspecified atom stereocenters. The Morgan fingerprint density at radius 2 is 1.88 bits per heavy atom. The Hall–Kier alpha value is -1.59. The molecule has 172 valence electrons. The molecule has 3 aromatic rings. The maximum atomic E-state index is 12.9. The molecule has 1 aliphatic rings. The molecule has 2 aromatic heterocycles. The van der Waals surface area contributed by atoms with Crippen LogP contribution in [0.5, 0.6) is 0 Å². The zero-order chi connectivity index (χ0) is 22.6. The van der Waals surface area contributed by atoms with E-state index in [0.717, 1.165) is 51.6 Å². The highest BCUT2D eigenvalue weighted by atomic mass is 32.2. The summed E-state index contributed by atoms with van der Waals surface area (Å²) in [6.45, 7) is 4.67. The number of fused-ring (bicyclic) bond motifs is 1. The summed E-state index contributed by atoms with van der Waals surface area (Å²) in [5.41, 5.74) is 0.874. The molecule has 0 amide bonds. The Balaban J connectivity index is 1.35. The third kappa shape index (κ3) is 5.66. The second-order valence-electron chi connectivity index (χ2n) is 8.11. The van der Waals surface area contributed by atoms with Crippen LogP contribution in [0.3, 0.4) is 0 Å². The van der Waals surface area contributed by atoms with Gasteiger partial charge in [0.2, 0.25) is 10.0 Å². The molecule has 1 aliphatic heterocycles. The molecule has 0 radical (unpaired) electrons. The van der Waals surface area contributed by atoms with Gasteiger partial charge in [-0.25, -0.2) is 23.4 Å². The number of sulfonamides is 1. The third-order valence-corrected chi connectivity index (χ3v) is 9.40. The smallest absolute Gasteiger partial charge is 0.243 e. The molecular formula is C22H29N5O2S3. The van der Waals surface area contributed by atoms with E-state index in [4.69, 9.17) is 4.98 Å². The quantitative estimate of drug-likeness (QED) is 0.458. The van der Waals surface area contributed by atoms with Gasteiger partial charge in [0.1, 0.15) is 5.82 Å². The van der Waals surface area contributed by atoms with E-state index in [2.05, 4.69) is 22.2 Å². The minimum Gasteiger partial charge on any atom is -0.314 e. The van der Waals surface area contributed by atoms with Gasteiger partial charge < -0.3 is 5.32 Å². The Kier molecular flexibility index (Phi) is 7.78. The summed E-state index contributed by atoms with van der Waals surface area (Å²) in [6, 6.07) is 5.31. The minimum atomic E-state index is -3.45. The summed E-state index contributed by atoms with van der Waals surface area (Å²) in [6.07, 6.45) is 9.64. The van der Waals surface area contributed by atoms with Gasteiger partial charge in [-0.3, -0.25) is 0 Å². The first-order valence-electron chi connectivity index (χ1n) is 10.9. The Morgan fingerprint density at radius 3 is 2.59 bits per heavy atom. The molecule has 0 bridgehead atoms. The maximum Gasteiger partial charge on any atom is 0.243 e. The zero-order valence-electron chi connectivity index (χ0n) is 18.5. The Morgan fingerprint density at radius 1 is 1.16 bits per heavy atom. The van der Waals surface area contributed by atoms with Crippen LogP contribution in [0.4, 0.5) is 0 Å². The zero-order valence-corrected chi connectivity index (χ0v) is 20.9. The normalized spacial score (nSPS) is 16.4. The lowest BCUT2D eigenvalue weighted by Crippen LogP contribution is -2.46. The highest BCUT2D eigenvalue weighted by Crippen LogP contribution is 2.28. The van der Waals surface area contributed by atoms with Gasteiger partial charge in [-0.15, -0.1) is 23.1 Å². The average molecular weight is 492 g/mol. The summed E-state index contributed by atoms with van der Waals surface area (Å²) in [5, 5.41) is 4.25.